The van der Waals surface area contributed by atoms with E-state index in [4.69, 9.17) is 15.4 Å². The Balaban J connectivity index is 2.04. The minimum atomic E-state index is -3.86. The van der Waals surface area contributed by atoms with Crippen LogP contribution in [0.2, 0.25) is 0 Å². The third-order valence-corrected chi connectivity index (χ3v) is 5.47. The van der Waals surface area contributed by atoms with Crippen molar-refractivity contribution in [3.63, 3.8) is 0 Å². The van der Waals surface area contributed by atoms with Gasteiger partial charge in [0.05, 0.1) is 17.1 Å². The van der Waals surface area contributed by atoms with Gasteiger partial charge in [-0.15, -0.1) is 0 Å². The lowest BCUT2D eigenvalue weighted by Crippen LogP contribution is -2.15. The van der Waals surface area contributed by atoms with Crippen LogP contribution in [-0.2, 0) is 13.8 Å². The predicted molar refractivity (Wildman–Crippen MR) is 79.4 cm³/mol. The van der Waals surface area contributed by atoms with E-state index in [1.54, 1.807) is 0 Å². The van der Waals surface area contributed by atoms with Gasteiger partial charge in [0, 0.05) is 15.2 Å². The highest BCUT2D eigenvalue weighted by Gasteiger charge is 2.20. The molecule has 0 unspecified atom stereocenters. The van der Waals surface area contributed by atoms with E-state index in [0.717, 1.165) is 6.42 Å². The Morgan fingerprint density at radius 2 is 2.10 bits per heavy atom. The predicted octanol–water partition coefficient (Wildman–Crippen LogP) is 3.72. The second-order valence-electron chi connectivity index (χ2n) is 4.80. The zero-order valence-electron chi connectivity index (χ0n) is 10.6. The van der Waals surface area contributed by atoms with Crippen LogP contribution in [0.5, 0.6) is 0 Å². The molecule has 0 amide bonds. The first-order valence-corrected chi connectivity index (χ1v) is 9.39. The van der Waals surface area contributed by atoms with Gasteiger partial charge in [-0.2, -0.15) is 0 Å². The topological polar surface area (TPSA) is 60.4 Å². The number of carbonyl (C=O) groups is 1. The van der Waals surface area contributed by atoms with Crippen molar-refractivity contribution in [3.8, 4) is 0 Å². The molecule has 0 saturated heterocycles. The molecule has 0 spiro atoms. The smallest absolute Gasteiger partial charge is 0.339 e. The van der Waals surface area contributed by atoms with E-state index < -0.39 is 15.0 Å². The number of ether oxygens (including phenoxy) is 1. The molecule has 1 fully saturated rings. The van der Waals surface area contributed by atoms with Gasteiger partial charge in [-0.05, 0) is 46.5 Å². The van der Waals surface area contributed by atoms with Crippen molar-refractivity contribution in [2.45, 2.75) is 30.6 Å². The molecular weight excluding hydrogens is 368 g/mol. The molecule has 0 aromatic heterocycles. The number of benzene rings is 1. The maximum absolute atomic E-state index is 11.9. The van der Waals surface area contributed by atoms with Crippen LogP contribution >= 0.6 is 26.6 Å². The monoisotopic (exact) mass is 380 g/mol. The SMILES string of the molecule is O=C(OCCC1CCC1)c1cc(S(=O)(=O)Cl)ccc1Br. The summed E-state index contributed by atoms with van der Waals surface area (Å²) in [4.78, 5) is 11.8. The summed E-state index contributed by atoms with van der Waals surface area (Å²) < 4.78 is 28.2. The molecule has 0 bridgehead atoms. The highest BCUT2D eigenvalue weighted by molar-refractivity contribution is 9.10. The molecule has 0 heterocycles. The summed E-state index contributed by atoms with van der Waals surface area (Å²) in [6.07, 6.45) is 4.50. The van der Waals surface area contributed by atoms with Gasteiger partial charge in [0.15, 0.2) is 0 Å². The Kier molecular flexibility index (Phi) is 5.09. The van der Waals surface area contributed by atoms with Gasteiger partial charge in [-0.1, -0.05) is 19.3 Å². The largest absolute Gasteiger partial charge is 0.462 e. The summed E-state index contributed by atoms with van der Waals surface area (Å²) in [5.41, 5.74) is 0.167. The normalized spacial score (nSPS) is 15.7. The lowest BCUT2D eigenvalue weighted by Gasteiger charge is -2.24. The van der Waals surface area contributed by atoms with Crippen molar-refractivity contribution in [3.05, 3.63) is 28.2 Å². The van der Waals surface area contributed by atoms with Crippen molar-refractivity contribution in [2.24, 2.45) is 5.92 Å². The summed E-state index contributed by atoms with van der Waals surface area (Å²) in [5, 5.41) is 0. The third-order valence-electron chi connectivity index (χ3n) is 3.42. The van der Waals surface area contributed by atoms with E-state index in [1.807, 2.05) is 0 Å². The lowest BCUT2D eigenvalue weighted by molar-refractivity contribution is 0.0463. The Hall–Kier alpha value is -0.590. The molecule has 0 N–H and O–H groups in total. The second kappa shape index (κ2) is 6.45. The zero-order chi connectivity index (χ0) is 14.8. The Labute approximate surface area is 131 Å². The first-order chi connectivity index (χ1) is 9.38. The number of carbonyl (C=O) groups excluding carboxylic acids is 1. The van der Waals surface area contributed by atoms with Crippen LogP contribution in [0, 0.1) is 5.92 Å². The van der Waals surface area contributed by atoms with Crippen LogP contribution in [0.25, 0.3) is 0 Å². The van der Waals surface area contributed by atoms with Crippen molar-refractivity contribution >= 4 is 41.6 Å². The van der Waals surface area contributed by atoms with Crippen molar-refractivity contribution in [1.82, 2.24) is 0 Å². The van der Waals surface area contributed by atoms with Gasteiger partial charge in [0.25, 0.3) is 9.05 Å². The molecule has 0 aliphatic heterocycles. The number of rotatable bonds is 5. The first-order valence-electron chi connectivity index (χ1n) is 6.29. The van der Waals surface area contributed by atoms with Crippen molar-refractivity contribution in [2.75, 3.05) is 6.61 Å². The molecule has 7 heteroatoms. The van der Waals surface area contributed by atoms with Gasteiger partial charge < -0.3 is 4.74 Å². The quantitative estimate of drug-likeness (QED) is 0.576. The number of hydrogen-bond donors (Lipinski definition) is 0. The molecule has 1 aliphatic carbocycles. The van der Waals surface area contributed by atoms with Crippen LogP contribution in [0.15, 0.2) is 27.6 Å². The molecule has 110 valence electrons. The van der Waals surface area contributed by atoms with E-state index in [0.29, 0.717) is 17.0 Å². The fraction of sp³-hybridized carbons (Fsp3) is 0.462. The lowest BCUT2D eigenvalue weighted by atomic mass is 9.83. The standard InChI is InChI=1S/C13H14BrClO4S/c14-12-5-4-10(20(15,17)18)8-11(12)13(16)19-7-6-9-2-1-3-9/h4-5,8-9H,1-3,6-7H2. The highest BCUT2D eigenvalue weighted by atomic mass is 79.9. The highest BCUT2D eigenvalue weighted by Crippen LogP contribution is 2.29. The van der Waals surface area contributed by atoms with Crippen LogP contribution in [0.3, 0.4) is 0 Å². The van der Waals surface area contributed by atoms with E-state index in [1.165, 1.54) is 37.5 Å². The van der Waals surface area contributed by atoms with Crippen LogP contribution < -0.4 is 0 Å². The summed E-state index contributed by atoms with van der Waals surface area (Å²) in [5.74, 6) is 0.110. The van der Waals surface area contributed by atoms with Gasteiger partial charge in [-0.3, -0.25) is 0 Å². The van der Waals surface area contributed by atoms with E-state index >= 15 is 0 Å². The van der Waals surface area contributed by atoms with Crippen molar-refractivity contribution in [1.29, 1.82) is 0 Å². The van der Waals surface area contributed by atoms with Gasteiger partial charge in [-0.25, -0.2) is 13.2 Å². The number of halogens is 2. The molecule has 2 rings (SSSR count). The fourth-order valence-electron chi connectivity index (χ4n) is 1.99. The average molecular weight is 382 g/mol. The molecule has 20 heavy (non-hydrogen) atoms. The van der Waals surface area contributed by atoms with Gasteiger partial charge >= 0.3 is 5.97 Å². The molecule has 1 aromatic carbocycles. The van der Waals surface area contributed by atoms with Gasteiger partial charge in [0.1, 0.15) is 0 Å². The fourth-order valence-corrected chi connectivity index (χ4v) is 3.18. The molecule has 0 radical (unpaired) electrons. The third kappa shape index (κ3) is 3.96. The van der Waals surface area contributed by atoms with Crippen LogP contribution in [0.4, 0.5) is 0 Å². The van der Waals surface area contributed by atoms with E-state index in [9.17, 15) is 13.2 Å². The van der Waals surface area contributed by atoms with Crippen LogP contribution in [-0.4, -0.2) is 21.0 Å². The van der Waals surface area contributed by atoms with Crippen LogP contribution in [0.1, 0.15) is 36.0 Å². The van der Waals surface area contributed by atoms with Gasteiger partial charge in [0.2, 0.25) is 0 Å². The zero-order valence-corrected chi connectivity index (χ0v) is 13.8. The molecule has 1 aromatic rings. The minimum absolute atomic E-state index is 0.117. The summed E-state index contributed by atoms with van der Waals surface area (Å²) in [6.45, 7) is 0.355. The number of esters is 1. The molecule has 1 saturated carbocycles. The molecule has 4 nitrogen and oxygen atoms in total. The summed E-state index contributed by atoms with van der Waals surface area (Å²) >= 11 is 3.20. The number of hydrogen-bond acceptors (Lipinski definition) is 4. The Morgan fingerprint density at radius 3 is 2.65 bits per heavy atom. The average Bonchev–Trinajstić information content (AvgIpc) is 2.31. The molecular formula is C13H14BrClO4S. The Morgan fingerprint density at radius 1 is 1.40 bits per heavy atom. The minimum Gasteiger partial charge on any atom is -0.462 e. The summed E-state index contributed by atoms with van der Waals surface area (Å²) in [6, 6.07) is 4.02. The first kappa shape index (κ1) is 15.8. The Bertz CT molecular complexity index is 611. The van der Waals surface area contributed by atoms with E-state index in [2.05, 4.69) is 15.9 Å². The molecule has 0 atom stereocenters. The van der Waals surface area contributed by atoms with Crippen molar-refractivity contribution < 1.29 is 17.9 Å². The second-order valence-corrected chi connectivity index (χ2v) is 8.22. The maximum Gasteiger partial charge on any atom is 0.339 e. The summed E-state index contributed by atoms with van der Waals surface area (Å²) in [7, 11) is 1.40. The molecule has 1 aliphatic rings. The maximum atomic E-state index is 11.9. The van der Waals surface area contributed by atoms with E-state index in [-0.39, 0.29) is 10.5 Å².